The Morgan fingerprint density at radius 1 is 1.38 bits per heavy atom. The molecule has 0 amide bonds. The zero-order valence-corrected chi connectivity index (χ0v) is 13.8. The van der Waals surface area contributed by atoms with Crippen molar-refractivity contribution in [1.82, 2.24) is 19.9 Å². The molecule has 0 fully saturated rings. The van der Waals surface area contributed by atoms with E-state index in [9.17, 15) is 13.6 Å². The largest absolute Gasteiger partial charge is 0.332 e. The van der Waals surface area contributed by atoms with Crippen LogP contribution in [0.5, 0.6) is 0 Å². The van der Waals surface area contributed by atoms with Crippen LogP contribution in [0.25, 0.3) is 10.7 Å². The molecule has 0 saturated heterocycles. The molecule has 3 aromatic heterocycles. The predicted octanol–water partition coefficient (Wildman–Crippen LogP) is 3.75. The number of hydrogen-bond donors (Lipinski definition) is 0. The first-order valence-electron chi connectivity index (χ1n) is 7.24. The summed E-state index contributed by atoms with van der Waals surface area (Å²) in [5.41, 5.74) is 0.542. The third-order valence-electron chi connectivity index (χ3n) is 3.31. The van der Waals surface area contributed by atoms with Crippen molar-refractivity contribution >= 4 is 17.1 Å². The van der Waals surface area contributed by atoms with Gasteiger partial charge < -0.3 is 4.52 Å². The minimum absolute atomic E-state index is 0.0114. The third-order valence-corrected chi connectivity index (χ3v) is 4.38. The first-order valence-corrected chi connectivity index (χ1v) is 8.06. The molecule has 3 rings (SSSR count). The molecule has 3 heterocycles. The summed E-state index contributed by atoms with van der Waals surface area (Å²) < 4.78 is 32.5. The van der Waals surface area contributed by atoms with Gasteiger partial charge in [-0.25, -0.2) is 0 Å². The Morgan fingerprint density at radius 3 is 2.83 bits per heavy atom. The van der Waals surface area contributed by atoms with Gasteiger partial charge in [0.2, 0.25) is 5.82 Å². The maximum absolute atomic E-state index is 13.2. The highest BCUT2D eigenvalue weighted by molar-refractivity contribution is 7.15. The van der Waals surface area contributed by atoms with Gasteiger partial charge in [-0.05, 0) is 18.2 Å². The minimum atomic E-state index is -3.17. The summed E-state index contributed by atoms with van der Waals surface area (Å²) in [5, 5.41) is 7.74. The molecule has 0 atom stereocenters. The fraction of sp³-hybridized carbons (Fsp3) is 0.333. The second-order valence-corrected chi connectivity index (χ2v) is 6.40. The van der Waals surface area contributed by atoms with E-state index in [1.165, 1.54) is 11.3 Å². The number of halogens is 2. The van der Waals surface area contributed by atoms with Crippen LogP contribution in [0.4, 0.5) is 8.78 Å². The second-order valence-electron chi connectivity index (χ2n) is 5.23. The van der Waals surface area contributed by atoms with E-state index >= 15 is 0 Å². The van der Waals surface area contributed by atoms with E-state index in [0.717, 1.165) is 4.88 Å². The molecular weight excluding hydrogens is 338 g/mol. The van der Waals surface area contributed by atoms with Crippen molar-refractivity contribution in [3.63, 3.8) is 0 Å². The van der Waals surface area contributed by atoms with Gasteiger partial charge in [-0.1, -0.05) is 12.1 Å². The number of nitrogens with zero attached hydrogens (tertiary/aromatic N) is 4. The Kier molecular flexibility index (Phi) is 4.27. The molecule has 0 aliphatic carbocycles. The van der Waals surface area contributed by atoms with Crippen molar-refractivity contribution in [1.29, 1.82) is 0 Å². The SMILES string of the molecule is CCC(=O)c1ccnn1Cc1ccc(-c2noc(C(C)(F)F)n2)s1. The van der Waals surface area contributed by atoms with E-state index in [0.29, 0.717) is 30.5 Å². The Labute approximate surface area is 140 Å². The normalized spacial score (nSPS) is 11.8. The van der Waals surface area contributed by atoms with Gasteiger partial charge in [0.25, 0.3) is 5.89 Å². The first-order chi connectivity index (χ1) is 11.4. The first kappa shape index (κ1) is 16.4. The van der Waals surface area contributed by atoms with Crippen LogP contribution >= 0.6 is 11.3 Å². The van der Waals surface area contributed by atoms with E-state index in [-0.39, 0.29) is 11.6 Å². The standard InChI is InChI=1S/C15H14F2N4O2S/c1-3-11(22)10-6-7-18-21(10)8-9-4-5-12(24-9)13-19-14(23-20-13)15(2,16)17/h4-7H,3,8H2,1-2H3. The molecule has 0 saturated carbocycles. The Balaban J connectivity index is 1.80. The maximum atomic E-state index is 13.2. The molecule has 0 spiro atoms. The quantitative estimate of drug-likeness (QED) is 0.632. The van der Waals surface area contributed by atoms with Crippen LogP contribution in [-0.4, -0.2) is 25.7 Å². The average Bonchev–Trinajstić information content (AvgIpc) is 3.25. The third kappa shape index (κ3) is 3.25. The lowest BCUT2D eigenvalue weighted by Crippen LogP contribution is -2.10. The van der Waals surface area contributed by atoms with E-state index in [1.54, 1.807) is 29.9 Å². The topological polar surface area (TPSA) is 73.8 Å². The van der Waals surface area contributed by atoms with Crippen molar-refractivity contribution in [2.24, 2.45) is 0 Å². The Hall–Kier alpha value is -2.42. The van der Waals surface area contributed by atoms with Crippen molar-refractivity contribution in [3.05, 3.63) is 40.9 Å². The smallest absolute Gasteiger partial charge is 0.322 e. The molecule has 0 bridgehead atoms. The summed E-state index contributed by atoms with van der Waals surface area (Å²) in [7, 11) is 0. The minimum Gasteiger partial charge on any atom is -0.332 e. The number of thiophene rings is 1. The predicted molar refractivity (Wildman–Crippen MR) is 83.1 cm³/mol. The lowest BCUT2D eigenvalue weighted by atomic mass is 10.2. The summed E-state index contributed by atoms with van der Waals surface area (Å²) >= 11 is 1.33. The van der Waals surface area contributed by atoms with Crippen molar-refractivity contribution in [3.8, 4) is 10.7 Å². The van der Waals surface area contributed by atoms with E-state index < -0.39 is 11.8 Å². The molecule has 126 valence electrons. The number of hydrogen-bond acceptors (Lipinski definition) is 6. The lowest BCUT2D eigenvalue weighted by molar-refractivity contribution is -0.0158. The lowest BCUT2D eigenvalue weighted by Gasteiger charge is -2.03. The molecule has 24 heavy (non-hydrogen) atoms. The number of aromatic nitrogens is 4. The highest BCUT2D eigenvalue weighted by atomic mass is 32.1. The number of ketones is 1. The highest BCUT2D eigenvalue weighted by Gasteiger charge is 2.32. The average molecular weight is 352 g/mol. The van der Waals surface area contributed by atoms with Crippen LogP contribution in [0.3, 0.4) is 0 Å². The molecule has 0 aliphatic rings. The summed E-state index contributed by atoms with van der Waals surface area (Å²) in [4.78, 5) is 17.1. The summed E-state index contributed by atoms with van der Waals surface area (Å²) in [5.74, 6) is -3.75. The molecule has 9 heteroatoms. The number of alkyl halides is 2. The molecule has 6 nitrogen and oxygen atoms in total. The maximum Gasteiger partial charge on any atom is 0.322 e. The number of rotatable bonds is 6. The molecule has 0 N–H and O–H groups in total. The summed E-state index contributed by atoms with van der Waals surface area (Å²) in [6.07, 6.45) is 1.98. The Morgan fingerprint density at radius 2 is 2.17 bits per heavy atom. The van der Waals surface area contributed by atoms with Crippen LogP contribution in [0.1, 0.15) is 41.5 Å². The van der Waals surface area contributed by atoms with Gasteiger partial charge >= 0.3 is 5.92 Å². The van der Waals surface area contributed by atoms with Gasteiger partial charge in [0.15, 0.2) is 5.78 Å². The monoisotopic (exact) mass is 352 g/mol. The van der Waals surface area contributed by atoms with E-state index in [1.807, 2.05) is 6.07 Å². The van der Waals surface area contributed by atoms with Crippen molar-refractivity contribution in [2.75, 3.05) is 0 Å². The highest BCUT2D eigenvalue weighted by Crippen LogP contribution is 2.30. The zero-order chi connectivity index (χ0) is 17.3. The van der Waals surface area contributed by atoms with Gasteiger partial charge in [0.05, 0.1) is 11.4 Å². The van der Waals surface area contributed by atoms with E-state index in [2.05, 4.69) is 19.8 Å². The number of Topliss-reactive ketones (excluding diaryl/α,β-unsaturated/α-hetero) is 1. The summed E-state index contributed by atoms with van der Waals surface area (Å²) in [6, 6.07) is 5.23. The van der Waals surface area contributed by atoms with Crippen LogP contribution < -0.4 is 0 Å². The molecule has 3 aromatic rings. The van der Waals surface area contributed by atoms with Gasteiger partial charge in [-0.2, -0.15) is 18.9 Å². The van der Waals surface area contributed by atoms with Gasteiger partial charge in [0, 0.05) is 24.4 Å². The molecular formula is C15H14F2N4O2S. The van der Waals surface area contributed by atoms with E-state index in [4.69, 9.17) is 0 Å². The fourth-order valence-corrected chi connectivity index (χ4v) is 3.02. The molecule has 0 radical (unpaired) electrons. The zero-order valence-electron chi connectivity index (χ0n) is 13.0. The van der Waals surface area contributed by atoms with Crippen molar-refractivity contribution in [2.45, 2.75) is 32.7 Å². The molecule has 0 aliphatic heterocycles. The number of carbonyl (C=O) groups is 1. The fourth-order valence-electron chi connectivity index (χ4n) is 2.11. The molecule has 0 unspecified atom stereocenters. The van der Waals surface area contributed by atoms with Crippen LogP contribution in [0.15, 0.2) is 28.9 Å². The number of carbonyl (C=O) groups excluding carboxylic acids is 1. The molecule has 0 aromatic carbocycles. The van der Waals surface area contributed by atoms with Gasteiger partial charge in [-0.3, -0.25) is 9.48 Å². The summed E-state index contributed by atoms with van der Waals surface area (Å²) in [6.45, 7) is 2.90. The second kappa shape index (κ2) is 6.23. The van der Waals surface area contributed by atoms with Crippen LogP contribution in [-0.2, 0) is 12.5 Å². The van der Waals surface area contributed by atoms with Crippen LogP contribution in [0.2, 0.25) is 0 Å². The van der Waals surface area contributed by atoms with Gasteiger partial charge in [0.1, 0.15) is 5.69 Å². The van der Waals surface area contributed by atoms with Crippen LogP contribution in [0, 0.1) is 0 Å². The Bertz CT molecular complexity index is 863. The van der Waals surface area contributed by atoms with Crippen molar-refractivity contribution < 1.29 is 18.1 Å². The van der Waals surface area contributed by atoms with Gasteiger partial charge in [-0.15, -0.1) is 11.3 Å².